The maximum Gasteiger partial charge on any atom is 0.410 e. The first kappa shape index (κ1) is 25.3. The van der Waals surface area contributed by atoms with Gasteiger partial charge < -0.3 is 25.0 Å². The quantitative estimate of drug-likeness (QED) is 0.505. The average molecular weight is 463 g/mol. The lowest BCUT2D eigenvalue weighted by Crippen LogP contribution is -2.68. The van der Waals surface area contributed by atoms with Crippen LogP contribution in [0.25, 0.3) is 0 Å². The minimum atomic E-state index is -1.91. The first-order chi connectivity index (χ1) is 15.2. The fourth-order valence-electron chi connectivity index (χ4n) is 5.33. The van der Waals surface area contributed by atoms with Crippen LogP contribution in [0.1, 0.15) is 80.1 Å². The number of amides is 2. The Labute approximate surface area is 196 Å². The smallest absolute Gasteiger partial charge is 0.410 e. The van der Waals surface area contributed by atoms with Gasteiger partial charge in [0.1, 0.15) is 17.2 Å². The molecule has 2 unspecified atom stereocenters. The van der Waals surface area contributed by atoms with E-state index in [1.807, 2.05) is 20.8 Å². The molecule has 3 heterocycles. The molecule has 3 saturated heterocycles. The van der Waals surface area contributed by atoms with Crippen LogP contribution in [-0.2, 0) is 19.1 Å². The number of likely N-dealkylation sites (tertiary alicyclic amines) is 1. The lowest BCUT2D eigenvalue weighted by atomic mass is 9.74. The minimum absolute atomic E-state index is 0.160. The second-order valence-electron chi connectivity index (χ2n) is 11.6. The predicted molar refractivity (Wildman–Crippen MR) is 121 cm³/mol. The normalized spacial score (nSPS) is 29.3. The second kappa shape index (κ2) is 8.79. The van der Waals surface area contributed by atoms with E-state index >= 15 is 0 Å². The molecule has 4 atom stereocenters. The Morgan fingerprint density at radius 1 is 0.939 bits per heavy atom. The van der Waals surface area contributed by atoms with E-state index in [1.165, 1.54) is 4.90 Å². The van der Waals surface area contributed by atoms with Crippen molar-refractivity contribution in [2.45, 2.75) is 115 Å². The summed E-state index contributed by atoms with van der Waals surface area (Å²) in [6.45, 7) is 11.1. The van der Waals surface area contributed by atoms with Crippen LogP contribution in [0.2, 0.25) is 0 Å². The molecule has 0 radical (unpaired) electrons. The van der Waals surface area contributed by atoms with Crippen molar-refractivity contribution in [2.75, 3.05) is 6.54 Å². The number of hydrogen-bond acceptors (Lipinski definition) is 7. The summed E-state index contributed by atoms with van der Waals surface area (Å²) in [7, 11) is 0. The molecule has 0 spiro atoms. The van der Waals surface area contributed by atoms with Crippen LogP contribution in [-0.4, -0.2) is 69.2 Å². The van der Waals surface area contributed by atoms with Gasteiger partial charge in [-0.2, -0.15) is 5.26 Å². The van der Waals surface area contributed by atoms with Crippen molar-refractivity contribution in [2.24, 2.45) is 11.7 Å². The number of rotatable bonds is 3. The van der Waals surface area contributed by atoms with Gasteiger partial charge in [-0.05, 0) is 80.1 Å². The molecular weight excluding hydrogens is 424 g/mol. The SMILES string of the molecule is CC(C)(C)OC(=O)N1C2CCC1CC([C@@](N)(C(=O)OC(C)(C)C)C(=O)N1CCC[C@H]1C#N)C2. The molecule has 0 aliphatic carbocycles. The van der Waals surface area contributed by atoms with Gasteiger partial charge in [-0.15, -0.1) is 0 Å². The maximum absolute atomic E-state index is 13.7. The van der Waals surface area contributed by atoms with Gasteiger partial charge in [0.05, 0.1) is 6.07 Å². The van der Waals surface area contributed by atoms with Gasteiger partial charge >= 0.3 is 12.1 Å². The van der Waals surface area contributed by atoms with E-state index in [0.717, 1.165) is 12.8 Å². The van der Waals surface area contributed by atoms with Gasteiger partial charge in [0.2, 0.25) is 0 Å². The molecule has 0 aromatic rings. The van der Waals surface area contributed by atoms with Crippen LogP contribution < -0.4 is 5.73 Å². The summed E-state index contributed by atoms with van der Waals surface area (Å²) in [5.41, 5.74) is 3.39. The van der Waals surface area contributed by atoms with Crippen LogP contribution in [0, 0.1) is 17.2 Å². The molecule has 0 saturated carbocycles. The highest BCUT2D eigenvalue weighted by atomic mass is 16.6. The Balaban J connectivity index is 1.89. The summed E-state index contributed by atoms with van der Waals surface area (Å²) in [5.74, 6) is -1.81. The summed E-state index contributed by atoms with van der Waals surface area (Å²) in [4.78, 5) is 43.2. The third-order valence-electron chi connectivity index (χ3n) is 6.73. The van der Waals surface area contributed by atoms with Crippen LogP contribution in [0.4, 0.5) is 4.79 Å². The Morgan fingerprint density at radius 2 is 1.48 bits per heavy atom. The number of carbonyl (C=O) groups excluding carboxylic acids is 3. The predicted octanol–water partition coefficient (Wildman–Crippen LogP) is 2.72. The highest BCUT2D eigenvalue weighted by molar-refractivity contribution is 6.08. The van der Waals surface area contributed by atoms with Crippen molar-refractivity contribution in [3.63, 3.8) is 0 Å². The largest absolute Gasteiger partial charge is 0.458 e. The molecule has 0 aromatic heterocycles. The molecule has 2 amide bonds. The summed E-state index contributed by atoms with van der Waals surface area (Å²) in [5, 5.41) is 9.51. The van der Waals surface area contributed by atoms with Crippen molar-refractivity contribution in [1.29, 1.82) is 5.26 Å². The summed E-state index contributed by atoms with van der Waals surface area (Å²) >= 11 is 0. The fourth-order valence-corrected chi connectivity index (χ4v) is 5.33. The standard InChI is InChI=1S/C24H38N4O5/c1-22(2,3)32-20(30)24(26,19(29)27-11-7-8-18(27)14-25)15-12-16-9-10-17(13-15)28(16)21(31)33-23(4,5)6/h15-18H,7-13,26H2,1-6H3/t15?,16?,17?,18-,24-/m0/s1. The van der Waals surface area contributed by atoms with E-state index in [0.29, 0.717) is 32.2 Å². The molecule has 2 N–H and O–H groups in total. The number of nitriles is 1. The Kier molecular flexibility index (Phi) is 6.73. The van der Waals surface area contributed by atoms with Gasteiger partial charge in [-0.1, -0.05) is 0 Å². The highest BCUT2D eigenvalue weighted by Crippen LogP contribution is 2.44. The van der Waals surface area contributed by atoms with Gasteiger partial charge in [0.15, 0.2) is 5.54 Å². The maximum atomic E-state index is 13.7. The molecule has 9 nitrogen and oxygen atoms in total. The van der Waals surface area contributed by atoms with E-state index in [9.17, 15) is 19.6 Å². The number of ether oxygens (including phenoxy) is 2. The molecule has 9 heteroatoms. The summed E-state index contributed by atoms with van der Waals surface area (Å²) in [6.07, 6.45) is 3.23. The monoisotopic (exact) mass is 462 g/mol. The van der Waals surface area contributed by atoms with Crippen LogP contribution >= 0.6 is 0 Å². The van der Waals surface area contributed by atoms with Crippen molar-refractivity contribution >= 4 is 18.0 Å². The first-order valence-electron chi connectivity index (χ1n) is 11.9. The number of carbonyl (C=O) groups is 3. The molecule has 3 fully saturated rings. The Morgan fingerprint density at radius 3 is 1.97 bits per heavy atom. The molecule has 3 aliphatic heterocycles. The zero-order chi connectivity index (χ0) is 24.8. The van der Waals surface area contributed by atoms with Crippen LogP contribution in [0.3, 0.4) is 0 Å². The number of hydrogen-bond donors (Lipinski definition) is 1. The lowest BCUT2D eigenvalue weighted by molar-refractivity contribution is -0.171. The second-order valence-corrected chi connectivity index (χ2v) is 11.6. The topological polar surface area (TPSA) is 126 Å². The summed E-state index contributed by atoms with van der Waals surface area (Å²) < 4.78 is 11.2. The number of fused-ring (bicyclic) bond motifs is 2. The number of nitrogens with two attached hydrogens (primary N) is 1. The van der Waals surface area contributed by atoms with Gasteiger partial charge in [0.25, 0.3) is 5.91 Å². The summed E-state index contributed by atoms with van der Waals surface area (Å²) in [6, 6.07) is 1.24. The van der Waals surface area contributed by atoms with E-state index in [2.05, 4.69) is 6.07 Å². The number of piperidine rings is 1. The van der Waals surface area contributed by atoms with Crippen molar-refractivity contribution in [3.05, 3.63) is 0 Å². The van der Waals surface area contributed by atoms with Gasteiger partial charge in [0, 0.05) is 24.5 Å². The molecule has 2 bridgehead atoms. The van der Waals surface area contributed by atoms with Crippen molar-refractivity contribution < 1.29 is 23.9 Å². The third kappa shape index (κ3) is 5.11. The molecule has 3 aliphatic rings. The fraction of sp³-hybridized carbons (Fsp3) is 0.833. The van der Waals surface area contributed by atoms with Gasteiger partial charge in [-0.3, -0.25) is 4.79 Å². The van der Waals surface area contributed by atoms with Crippen molar-refractivity contribution in [1.82, 2.24) is 9.80 Å². The van der Waals surface area contributed by atoms with Crippen molar-refractivity contribution in [3.8, 4) is 6.07 Å². The highest BCUT2D eigenvalue weighted by Gasteiger charge is 2.59. The Hall–Kier alpha value is -2.34. The molecule has 0 aromatic carbocycles. The molecule has 33 heavy (non-hydrogen) atoms. The molecule has 184 valence electrons. The lowest BCUT2D eigenvalue weighted by Gasteiger charge is -2.45. The van der Waals surface area contributed by atoms with E-state index < -0.39 is 40.6 Å². The van der Waals surface area contributed by atoms with Crippen LogP contribution in [0.15, 0.2) is 0 Å². The number of nitrogens with zero attached hydrogens (tertiary/aromatic N) is 3. The zero-order valence-electron chi connectivity index (χ0n) is 20.7. The minimum Gasteiger partial charge on any atom is -0.458 e. The number of esters is 1. The Bertz CT molecular complexity index is 825. The van der Waals surface area contributed by atoms with E-state index in [4.69, 9.17) is 15.2 Å². The van der Waals surface area contributed by atoms with E-state index in [-0.39, 0.29) is 18.2 Å². The average Bonchev–Trinajstić information content (AvgIpc) is 3.25. The molecular formula is C24H38N4O5. The zero-order valence-corrected chi connectivity index (χ0v) is 20.7. The van der Waals surface area contributed by atoms with Gasteiger partial charge in [-0.25, -0.2) is 9.59 Å². The first-order valence-corrected chi connectivity index (χ1v) is 11.9. The third-order valence-corrected chi connectivity index (χ3v) is 6.73. The molecule has 3 rings (SSSR count). The van der Waals surface area contributed by atoms with Crippen LogP contribution in [0.5, 0.6) is 0 Å². The van der Waals surface area contributed by atoms with E-state index in [1.54, 1.807) is 25.7 Å².